The number of rotatable bonds is 7. The van der Waals surface area contributed by atoms with Gasteiger partial charge in [0.15, 0.2) is 0 Å². The fourth-order valence-corrected chi connectivity index (χ4v) is 10.6. The van der Waals surface area contributed by atoms with Gasteiger partial charge in [0.05, 0.1) is 24.9 Å². The third kappa shape index (κ3) is 8.69. The monoisotopic (exact) mass is 1280 g/mol. The third-order valence-corrected chi connectivity index (χ3v) is 14.6. The van der Waals surface area contributed by atoms with E-state index < -0.39 is 188 Å². The maximum absolute atomic E-state index is 10.5. The van der Waals surface area contributed by atoms with E-state index in [1.54, 1.807) is 36.5 Å². The Kier molecular flexibility index (Phi) is 5.86. The quantitative estimate of drug-likeness (QED) is 0.118. The van der Waals surface area contributed by atoms with Gasteiger partial charge in [-0.3, -0.25) is 4.57 Å². The number of hydrogen-bond donors (Lipinski definition) is 0. The number of pyridine rings is 1. The molecule has 14 rings (SSSR count). The van der Waals surface area contributed by atoms with Crippen LogP contribution in [0.1, 0.15) is 181 Å². The summed E-state index contributed by atoms with van der Waals surface area (Å²) in [7, 11) is 0. The molecule has 0 saturated carbocycles. The standard InChI is InChI=1S/C74H68N4O2.Pt/c1-70(2,3)48-32-37-75-68(40-48)78-62-24-14-12-20-54(62)55-29-28-51(42-63(55)78)79-50-19-16-18-49(41-50)76-45-77(65-44-67-57(43-64(65)76)56-21-13-15-25-66(56)80-67)69-52(46-26-30-58-60(38-46)73(8,9)35-33-71(58,4)5)22-17-23-53(69)47-27-31-59-61(39-47)74(10,11)36-34-72(59,6)7;/h12-32,37-40,43-44H,33-36H2,1-11H3;/q-2;/i4D3,5D3,6D3,7D3,8D3,9D3,10D3,11D3,26D,27D,30D,31D,33D2,34D2,35D2,36D2,38D,39D;. The van der Waals surface area contributed by atoms with Crippen molar-refractivity contribution in [3.05, 3.63) is 210 Å². The van der Waals surface area contributed by atoms with E-state index in [0.717, 1.165) is 44.6 Å². The maximum Gasteiger partial charge on any atom is 0.268 e. The minimum absolute atomic E-state index is 0. The fourth-order valence-electron chi connectivity index (χ4n) is 10.6. The molecule has 6 nitrogen and oxygen atoms in total. The molecule has 0 bridgehead atoms. The van der Waals surface area contributed by atoms with Crippen molar-refractivity contribution in [3.63, 3.8) is 0 Å². The Morgan fingerprint density at radius 3 is 1.89 bits per heavy atom. The minimum atomic E-state index is -4.88. The Morgan fingerprint density at radius 1 is 0.605 bits per heavy atom. The van der Waals surface area contributed by atoms with Crippen LogP contribution in [-0.2, 0) is 48.1 Å². The zero-order valence-corrected chi connectivity index (χ0v) is 45.3. The molecule has 2 aliphatic rings. The Balaban J connectivity index is 0.0000123. The Labute approximate surface area is 544 Å². The van der Waals surface area contributed by atoms with Crippen molar-refractivity contribution in [3.8, 4) is 50.9 Å². The van der Waals surface area contributed by atoms with Crippen LogP contribution in [0.3, 0.4) is 0 Å². The van der Waals surface area contributed by atoms with Gasteiger partial charge < -0.3 is 18.3 Å². The minimum Gasteiger partial charge on any atom is -0.510 e. The second-order valence-corrected chi connectivity index (χ2v) is 21.0. The summed E-state index contributed by atoms with van der Waals surface area (Å²) < 4.78 is 373. The molecule has 0 fully saturated rings. The van der Waals surface area contributed by atoms with Crippen LogP contribution in [0, 0.1) is 18.5 Å². The van der Waals surface area contributed by atoms with Crippen molar-refractivity contribution < 1.29 is 86.9 Å². The van der Waals surface area contributed by atoms with Gasteiger partial charge in [-0.2, -0.15) is 18.2 Å². The molecule has 0 N–H and O–H groups in total. The maximum atomic E-state index is 10.5. The summed E-state index contributed by atoms with van der Waals surface area (Å²) in [4.78, 5) is 4.77. The van der Waals surface area contributed by atoms with Crippen LogP contribution in [0.4, 0.5) is 0 Å². The predicted molar refractivity (Wildman–Crippen MR) is 327 cm³/mol. The molecule has 7 heteroatoms. The summed E-state index contributed by atoms with van der Waals surface area (Å²) in [5, 5.41) is 2.37. The van der Waals surface area contributed by atoms with Gasteiger partial charge in [0.25, 0.3) is 6.33 Å². The summed E-state index contributed by atoms with van der Waals surface area (Å²) >= 11 is 0. The topological polar surface area (TPSA) is 49.0 Å². The van der Waals surface area contributed by atoms with Gasteiger partial charge in [0, 0.05) is 98.9 Å². The average Bonchev–Trinajstić information content (AvgIpc) is 0.958. The number of aromatic nitrogens is 4. The molecule has 8 aromatic carbocycles. The molecule has 0 aliphatic heterocycles. The second kappa shape index (κ2) is 18.8. The fraction of sp³-hybridized carbons (Fsp3) is 0.270. The summed E-state index contributed by atoms with van der Waals surface area (Å²) in [5.41, 5.74) is -30.2. The first-order valence-electron chi connectivity index (χ1n) is 44.2. The van der Waals surface area contributed by atoms with Crippen LogP contribution in [0.2, 0.25) is 0 Å². The summed E-state index contributed by atoms with van der Waals surface area (Å²) in [6.45, 7) is -30.4. The van der Waals surface area contributed by atoms with E-state index in [-0.39, 0.29) is 65.9 Å². The molecular weight excluding hydrogens is 1170 g/mol. The third-order valence-electron chi connectivity index (χ3n) is 14.6. The number of para-hydroxylation sites is 3. The number of hydrogen-bond acceptors (Lipinski definition) is 3. The van der Waals surface area contributed by atoms with Crippen molar-refractivity contribution in [1.29, 1.82) is 0 Å². The number of furan rings is 1. The summed E-state index contributed by atoms with van der Waals surface area (Å²) in [6, 6.07) is 27.4. The van der Waals surface area contributed by atoms with Crippen molar-refractivity contribution in [2.75, 3.05) is 0 Å². The smallest absolute Gasteiger partial charge is 0.268 e. The van der Waals surface area contributed by atoms with E-state index in [4.69, 9.17) is 47.0 Å². The molecule has 81 heavy (non-hydrogen) atoms. The van der Waals surface area contributed by atoms with E-state index in [9.17, 15) is 19.2 Å². The van der Waals surface area contributed by atoms with E-state index in [2.05, 4.69) is 39.2 Å². The van der Waals surface area contributed by atoms with Gasteiger partial charge in [0.2, 0.25) is 0 Å². The normalized spacial score (nSPS) is 26.8. The van der Waals surface area contributed by atoms with Gasteiger partial charge in [0.1, 0.15) is 17.0 Å². The molecule has 0 saturated heterocycles. The first-order chi connectivity index (χ1) is 53.8. The summed E-state index contributed by atoms with van der Waals surface area (Å²) in [6.07, 6.45) is -14.6. The van der Waals surface area contributed by atoms with E-state index in [0.29, 0.717) is 22.1 Å². The molecule has 4 aromatic heterocycles. The van der Waals surface area contributed by atoms with Gasteiger partial charge in [-0.15, -0.1) is 29.7 Å². The molecule has 0 spiro atoms. The number of ether oxygens (including phenoxy) is 1. The molecule has 4 heterocycles. The molecule has 2 aliphatic carbocycles. The Morgan fingerprint density at radius 2 is 1.22 bits per heavy atom. The molecule has 0 radical (unpaired) electrons. The van der Waals surface area contributed by atoms with Crippen LogP contribution >= 0.6 is 0 Å². The van der Waals surface area contributed by atoms with Crippen LogP contribution in [0.25, 0.3) is 94.2 Å². The van der Waals surface area contributed by atoms with E-state index in [1.165, 1.54) is 34.9 Å². The first-order valence-corrected chi connectivity index (χ1v) is 25.2. The van der Waals surface area contributed by atoms with E-state index in [1.807, 2.05) is 47.0 Å². The number of benzene rings is 8. The molecule has 12 aromatic rings. The van der Waals surface area contributed by atoms with Gasteiger partial charge >= 0.3 is 0 Å². The van der Waals surface area contributed by atoms with Crippen molar-refractivity contribution in [1.82, 2.24) is 14.1 Å². The Bertz CT molecular complexity index is 5980. The van der Waals surface area contributed by atoms with Gasteiger partial charge in [-0.1, -0.05) is 172 Å². The summed E-state index contributed by atoms with van der Waals surface area (Å²) in [5.74, 6) is 0.619. The van der Waals surface area contributed by atoms with Gasteiger partial charge in [-0.05, 0) is 150 Å². The van der Waals surface area contributed by atoms with Crippen LogP contribution in [-0.4, -0.2) is 14.1 Å². The predicted octanol–water partition coefficient (Wildman–Crippen LogP) is 18.8. The van der Waals surface area contributed by atoms with Crippen LogP contribution < -0.4 is 9.30 Å². The van der Waals surface area contributed by atoms with Crippen LogP contribution in [0.15, 0.2) is 168 Å². The van der Waals surface area contributed by atoms with Crippen molar-refractivity contribution in [2.24, 2.45) is 0 Å². The zero-order chi connectivity index (χ0) is 87.6. The SMILES string of the molecule is [2H]c1c([2H])c2c(c([2H])c1-c1cccc(-c3c([2H])c([2H])c4c(c3[2H])C(C([2H])([2H])[2H])(C([2H])([2H])[2H])C([2H])([2H])C([2H])([2H])C4(C([2H])([2H])[2H])C([2H])([2H])[2H])c1-[n+]1[c-]n(-c3[c-]c(Oc4[c-]c5c(cc4)c4ccccc4n5-c4cc(C(C)(C)C)ccn4)ccc3)c3cc4c(cc31)oc1ccccc14)C(C([2H])([2H])[2H])(C([2H])([2H])[2H])C([2H])([2H])C([2H])([2H])C2(C([2H])([2H])[2H])C([2H])([2H])[2H].[Pt]. The van der Waals surface area contributed by atoms with Crippen molar-refractivity contribution in [2.45, 2.75) is 128 Å². The van der Waals surface area contributed by atoms with Crippen LogP contribution in [0.5, 0.6) is 11.5 Å². The number of imidazole rings is 1. The zero-order valence-electron chi connectivity index (χ0n) is 81.0. The molecule has 0 amide bonds. The number of nitrogens with zero attached hydrogens (tertiary/aromatic N) is 4. The molecule has 408 valence electrons. The Hall–Kier alpha value is -7.53. The second-order valence-electron chi connectivity index (χ2n) is 21.0. The average molecular weight is 1280 g/mol. The number of fused-ring (bicyclic) bond motifs is 9. The molecule has 0 unspecified atom stereocenters. The molecular formula is C74H68N4O2Pt-2. The largest absolute Gasteiger partial charge is 0.510 e. The van der Waals surface area contributed by atoms with Crippen molar-refractivity contribution >= 4 is 54.8 Å². The van der Waals surface area contributed by atoms with E-state index >= 15 is 0 Å². The van der Waals surface area contributed by atoms with Gasteiger partial charge in [-0.25, -0.2) is 4.98 Å². The molecule has 0 atom stereocenters. The first kappa shape index (κ1) is 25.3.